The number of benzene rings is 1. The van der Waals surface area contributed by atoms with Gasteiger partial charge in [-0.15, -0.1) is 0 Å². The molecule has 2 aromatic rings. The molecule has 0 aliphatic heterocycles. The first-order valence-electron chi connectivity index (χ1n) is 5.65. The molecule has 2 rings (SSSR count). The number of rotatable bonds is 3. The maximum atomic E-state index is 11.8. The lowest BCUT2D eigenvalue weighted by atomic mass is 10.2. The molecule has 1 amide bonds. The molecule has 1 aromatic carbocycles. The van der Waals surface area contributed by atoms with E-state index in [0.717, 1.165) is 0 Å². The number of para-hydroxylation sites is 1. The van der Waals surface area contributed by atoms with Gasteiger partial charge in [0.1, 0.15) is 5.69 Å². The fraction of sp³-hybridized carbons (Fsp3) is 0.231. The Morgan fingerprint density at radius 1 is 1.44 bits per heavy atom. The van der Waals surface area contributed by atoms with E-state index < -0.39 is 5.91 Å². The zero-order chi connectivity index (χ0) is 13.1. The van der Waals surface area contributed by atoms with E-state index in [0.29, 0.717) is 10.9 Å². The van der Waals surface area contributed by atoms with Gasteiger partial charge in [0.15, 0.2) is 5.43 Å². The van der Waals surface area contributed by atoms with E-state index in [1.807, 2.05) is 0 Å². The Kier molecular flexibility index (Phi) is 3.43. The Morgan fingerprint density at radius 2 is 2.17 bits per heavy atom. The summed E-state index contributed by atoms with van der Waals surface area (Å²) in [7, 11) is 0. The van der Waals surface area contributed by atoms with Crippen molar-refractivity contribution in [1.82, 2.24) is 10.3 Å². The lowest BCUT2D eigenvalue weighted by Crippen LogP contribution is -2.35. The van der Waals surface area contributed by atoms with E-state index in [1.165, 1.54) is 6.07 Å². The van der Waals surface area contributed by atoms with E-state index in [4.69, 9.17) is 5.11 Å². The van der Waals surface area contributed by atoms with Gasteiger partial charge in [0.2, 0.25) is 0 Å². The second-order valence-corrected chi connectivity index (χ2v) is 4.15. The molecule has 0 fully saturated rings. The summed E-state index contributed by atoms with van der Waals surface area (Å²) in [6.07, 6.45) is 0. The predicted octanol–water partition coefficient (Wildman–Crippen LogP) is 0.639. The number of nitrogens with one attached hydrogen (secondary N) is 2. The standard InChI is InChI=1S/C13H14N2O3/c1-8(7-16)14-13(18)11-6-12(17)9-4-2-3-5-10(9)15-11/h2-6,8,16H,7H2,1H3,(H,14,18)(H,15,17)/t8-/m0/s1. The van der Waals surface area contributed by atoms with Crippen molar-refractivity contribution in [2.45, 2.75) is 13.0 Å². The van der Waals surface area contributed by atoms with Crippen molar-refractivity contribution in [1.29, 1.82) is 0 Å². The molecular weight excluding hydrogens is 232 g/mol. The van der Waals surface area contributed by atoms with Gasteiger partial charge in [0.05, 0.1) is 6.61 Å². The third-order valence-corrected chi connectivity index (χ3v) is 2.63. The highest BCUT2D eigenvalue weighted by Gasteiger charge is 2.11. The minimum Gasteiger partial charge on any atom is -0.394 e. The van der Waals surface area contributed by atoms with Gasteiger partial charge in [-0.1, -0.05) is 12.1 Å². The van der Waals surface area contributed by atoms with Crippen LogP contribution in [0.2, 0.25) is 0 Å². The highest BCUT2D eigenvalue weighted by atomic mass is 16.3. The monoisotopic (exact) mass is 246 g/mol. The Bertz CT molecular complexity index is 633. The first kappa shape index (κ1) is 12.3. The number of aromatic amines is 1. The summed E-state index contributed by atoms with van der Waals surface area (Å²) < 4.78 is 0. The molecule has 1 heterocycles. The van der Waals surface area contributed by atoms with Gasteiger partial charge in [-0.3, -0.25) is 9.59 Å². The van der Waals surface area contributed by atoms with Gasteiger partial charge in [0.25, 0.3) is 5.91 Å². The number of hydrogen-bond donors (Lipinski definition) is 3. The lowest BCUT2D eigenvalue weighted by Gasteiger charge is -2.10. The molecule has 0 unspecified atom stereocenters. The van der Waals surface area contributed by atoms with Crippen LogP contribution in [0, 0.1) is 0 Å². The van der Waals surface area contributed by atoms with Crippen molar-refractivity contribution in [2.75, 3.05) is 6.61 Å². The Labute approximate surface area is 103 Å². The molecule has 3 N–H and O–H groups in total. The van der Waals surface area contributed by atoms with Crippen LogP contribution in [0.15, 0.2) is 35.1 Å². The van der Waals surface area contributed by atoms with Crippen molar-refractivity contribution in [2.24, 2.45) is 0 Å². The number of H-pyrrole nitrogens is 1. The maximum Gasteiger partial charge on any atom is 0.268 e. The number of hydrogen-bond acceptors (Lipinski definition) is 3. The summed E-state index contributed by atoms with van der Waals surface area (Å²) in [5.74, 6) is -0.403. The van der Waals surface area contributed by atoms with Crippen LogP contribution >= 0.6 is 0 Å². The lowest BCUT2D eigenvalue weighted by molar-refractivity contribution is 0.0917. The molecule has 0 bridgehead atoms. The van der Waals surface area contributed by atoms with Crippen LogP contribution in [-0.2, 0) is 0 Å². The Balaban J connectivity index is 2.41. The number of carbonyl (C=O) groups is 1. The quantitative estimate of drug-likeness (QED) is 0.743. The third-order valence-electron chi connectivity index (χ3n) is 2.63. The van der Waals surface area contributed by atoms with Crippen LogP contribution in [0.5, 0.6) is 0 Å². The Hall–Kier alpha value is -2.14. The fourth-order valence-corrected chi connectivity index (χ4v) is 1.67. The van der Waals surface area contributed by atoms with Gasteiger partial charge in [-0.05, 0) is 19.1 Å². The number of aliphatic hydroxyl groups is 1. The van der Waals surface area contributed by atoms with E-state index in [-0.39, 0.29) is 23.8 Å². The summed E-state index contributed by atoms with van der Waals surface area (Å²) in [5, 5.41) is 12.0. The molecule has 0 saturated heterocycles. The molecule has 5 nitrogen and oxygen atoms in total. The normalized spacial score (nSPS) is 12.3. The zero-order valence-electron chi connectivity index (χ0n) is 9.93. The summed E-state index contributed by atoms with van der Waals surface area (Å²) in [4.78, 5) is 26.5. The Morgan fingerprint density at radius 3 is 2.89 bits per heavy atom. The summed E-state index contributed by atoms with van der Waals surface area (Å²) in [6.45, 7) is 1.53. The van der Waals surface area contributed by atoms with E-state index in [1.54, 1.807) is 31.2 Å². The number of carbonyl (C=O) groups excluding carboxylic acids is 1. The zero-order valence-corrected chi connectivity index (χ0v) is 9.93. The number of amides is 1. The first-order valence-corrected chi connectivity index (χ1v) is 5.65. The fourth-order valence-electron chi connectivity index (χ4n) is 1.67. The largest absolute Gasteiger partial charge is 0.394 e. The van der Waals surface area contributed by atoms with Crippen molar-refractivity contribution in [3.05, 3.63) is 46.2 Å². The van der Waals surface area contributed by atoms with Crippen LogP contribution < -0.4 is 10.7 Å². The minimum atomic E-state index is -0.403. The smallest absolute Gasteiger partial charge is 0.268 e. The highest BCUT2D eigenvalue weighted by molar-refractivity contribution is 5.94. The molecule has 18 heavy (non-hydrogen) atoms. The van der Waals surface area contributed by atoms with Crippen LogP contribution in [0.3, 0.4) is 0 Å². The van der Waals surface area contributed by atoms with E-state index in [9.17, 15) is 9.59 Å². The van der Waals surface area contributed by atoms with Gasteiger partial charge in [-0.25, -0.2) is 0 Å². The second-order valence-electron chi connectivity index (χ2n) is 4.15. The van der Waals surface area contributed by atoms with Gasteiger partial charge >= 0.3 is 0 Å². The van der Waals surface area contributed by atoms with E-state index >= 15 is 0 Å². The molecule has 0 aliphatic rings. The number of aliphatic hydroxyl groups excluding tert-OH is 1. The topological polar surface area (TPSA) is 82.2 Å². The maximum absolute atomic E-state index is 11.8. The van der Waals surface area contributed by atoms with E-state index in [2.05, 4.69) is 10.3 Å². The summed E-state index contributed by atoms with van der Waals surface area (Å²) >= 11 is 0. The van der Waals surface area contributed by atoms with Crippen LogP contribution in [0.4, 0.5) is 0 Å². The average molecular weight is 246 g/mol. The molecule has 0 radical (unpaired) electrons. The predicted molar refractivity (Wildman–Crippen MR) is 68.6 cm³/mol. The van der Waals surface area contributed by atoms with Gasteiger partial charge < -0.3 is 15.4 Å². The van der Waals surface area contributed by atoms with Crippen molar-refractivity contribution in [3.63, 3.8) is 0 Å². The number of aromatic nitrogens is 1. The molecular formula is C13H14N2O3. The molecule has 0 saturated carbocycles. The molecule has 1 atom stereocenters. The molecule has 1 aromatic heterocycles. The first-order chi connectivity index (χ1) is 8.61. The van der Waals surface area contributed by atoms with Crippen molar-refractivity contribution in [3.8, 4) is 0 Å². The van der Waals surface area contributed by atoms with Gasteiger partial charge in [0, 0.05) is 23.0 Å². The van der Waals surface area contributed by atoms with Crippen molar-refractivity contribution >= 4 is 16.8 Å². The highest BCUT2D eigenvalue weighted by Crippen LogP contribution is 2.07. The number of pyridine rings is 1. The van der Waals surface area contributed by atoms with Gasteiger partial charge in [-0.2, -0.15) is 0 Å². The van der Waals surface area contributed by atoms with Crippen LogP contribution in [-0.4, -0.2) is 28.6 Å². The third kappa shape index (κ3) is 2.41. The average Bonchev–Trinajstić information content (AvgIpc) is 2.38. The molecule has 0 aliphatic carbocycles. The summed E-state index contributed by atoms with van der Waals surface area (Å²) in [5.41, 5.74) is 0.608. The molecule has 94 valence electrons. The van der Waals surface area contributed by atoms with Crippen LogP contribution in [0.25, 0.3) is 10.9 Å². The summed E-state index contributed by atoms with van der Waals surface area (Å²) in [6, 6.07) is 7.91. The van der Waals surface area contributed by atoms with Crippen molar-refractivity contribution < 1.29 is 9.90 Å². The number of fused-ring (bicyclic) bond motifs is 1. The van der Waals surface area contributed by atoms with Crippen LogP contribution in [0.1, 0.15) is 17.4 Å². The second kappa shape index (κ2) is 5.01. The molecule has 0 spiro atoms. The minimum absolute atomic E-state index is 0.149. The SMILES string of the molecule is C[C@@H](CO)NC(=O)c1cc(=O)c2ccccc2[nH]1. The molecule has 5 heteroatoms.